The van der Waals surface area contributed by atoms with Gasteiger partial charge in [-0.2, -0.15) is 5.26 Å². The molecule has 0 fully saturated rings. The Morgan fingerprint density at radius 3 is 2.47 bits per heavy atom. The second kappa shape index (κ2) is 9.40. The van der Waals surface area contributed by atoms with Crippen molar-refractivity contribution in [3.8, 4) is 16.6 Å². The molecule has 0 amide bonds. The lowest BCUT2D eigenvalue weighted by Crippen LogP contribution is -2.07. The summed E-state index contributed by atoms with van der Waals surface area (Å²) in [4.78, 5) is 18.8. The van der Waals surface area contributed by atoms with Crippen molar-refractivity contribution in [2.75, 3.05) is 0 Å². The van der Waals surface area contributed by atoms with E-state index >= 15 is 0 Å². The van der Waals surface area contributed by atoms with Gasteiger partial charge in [0.05, 0.1) is 16.8 Å². The Bertz CT molecular complexity index is 1210. The standard InChI is InChI=1S/C24H16N2O2S2/c25-14-18-10-4-6-12-21(18)30-22-13-7-5-11-20(22)24(27)28-15-19-16-29-23(26-19)17-8-2-1-3-9-17/h1-13,16H,15H2. The molecule has 0 atom stereocenters. The Labute approximate surface area is 182 Å². The van der Waals surface area contributed by atoms with Crippen LogP contribution in [-0.4, -0.2) is 11.0 Å². The van der Waals surface area contributed by atoms with E-state index in [1.54, 1.807) is 18.2 Å². The molecule has 1 aromatic heterocycles. The number of nitrogens with zero attached hydrogens (tertiary/aromatic N) is 2. The molecule has 0 aliphatic carbocycles. The van der Waals surface area contributed by atoms with E-state index in [1.807, 2.05) is 66.0 Å². The summed E-state index contributed by atoms with van der Waals surface area (Å²) in [5.74, 6) is -0.415. The van der Waals surface area contributed by atoms with Crippen molar-refractivity contribution < 1.29 is 9.53 Å². The third-order valence-electron chi connectivity index (χ3n) is 4.26. The number of hydrogen-bond acceptors (Lipinski definition) is 6. The minimum absolute atomic E-state index is 0.107. The molecule has 0 spiro atoms. The highest BCUT2D eigenvalue weighted by atomic mass is 32.2. The van der Waals surface area contributed by atoms with Crippen LogP contribution in [0.2, 0.25) is 0 Å². The molecule has 30 heavy (non-hydrogen) atoms. The first-order valence-corrected chi connectivity index (χ1v) is 10.9. The highest BCUT2D eigenvalue weighted by Gasteiger charge is 2.15. The maximum absolute atomic E-state index is 12.7. The summed E-state index contributed by atoms with van der Waals surface area (Å²) >= 11 is 2.90. The fraction of sp³-hybridized carbons (Fsp3) is 0.0417. The largest absolute Gasteiger partial charge is 0.456 e. The number of hydrogen-bond donors (Lipinski definition) is 0. The van der Waals surface area contributed by atoms with E-state index in [1.165, 1.54) is 23.1 Å². The summed E-state index contributed by atoms with van der Waals surface area (Å²) in [6.07, 6.45) is 0. The molecular formula is C24H16N2O2S2. The fourth-order valence-electron chi connectivity index (χ4n) is 2.79. The van der Waals surface area contributed by atoms with Crippen molar-refractivity contribution in [2.24, 2.45) is 0 Å². The van der Waals surface area contributed by atoms with Gasteiger partial charge in [-0.1, -0.05) is 66.4 Å². The van der Waals surface area contributed by atoms with Gasteiger partial charge in [0, 0.05) is 20.7 Å². The third-order valence-corrected chi connectivity index (χ3v) is 6.35. The van der Waals surface area contributed by atoms with Gasteiger partial charge < -0.3 is 4.74 Å². The van der Waals surface area contributed by atoms with Gasteiger partial charge >= 0.3 is 5.97 Å². The van der Waals surface area contributed by atoms with E-state index in [4.69, 9.17) is 4.74 Å². The molecule has 0 N–H and O–H groups in total. The van der Waals surface area contributed by atoms with Crippen molar-refractivity contribution >= 4 is 29.1 Å². The predicted molar refractivity (Wildman–Crippen MR) is 118 cm³/mol. The summed E-state index contributed by atoms with van der Waals surface area (Å²) in [5.41, 5.74) is 2.79. The molecule has 4 rings (SSSR count). The summed E-state index contributed by atoms with van der Waals surface area (Å²) in [5, 5.41) is 12.1. The van der Waals surface area contributed by atoms with Crippen molar-refractivity contribution in [1.29, 1.82) is 5.26 Å². The molecule has 146 valence electrons. The molecule has 0 radical (unpaired) electrons. The number of benzene rings is 3. The molecule has 0 bridgehead atoms. The molecule has 6 heteroatoms. The molecule has 4 nitrogen and oxygen atoms in total. The van der Waals surface area contributed by atoms with Gasteiger partial charge in [-0.3, -0.25) is 0 Å². The first kappa shape index (κ1) is 19.9. The van der Waals surface area contributed by atoms with Crippen molar-refractivity contribution in [1.82, 2.24) is 4.98 Å². The molecule has 0 saturated heterocycles. The van der Waals surface area contributed by atoms with Gasteiger partial charge in [-0.05, 0) is 24.3 Å². The first-order chi connectivity index (χ1) is 14.7. The molecule has 0 aliphatic rings. The monoisotopic (exact) mass is 428 g/mol. The predicted octanol–water partition coefficient (Wildman–Crippen LogP) is 6.19. The number of aromatic nitrogens is 1. The summed E-state index contributed by atoms with van der Waals surface area (Å²) < 4.78 is 5.53. The van der Waals surface area contributed by atoms with Gasteiger partial charge in [-0.25, -0.2) is 9.78 Å². The second-order valence-electron chi connectivity index (χ2n) is 6.29. The van der Waals surface area contributed by atoms with Gasteiger partial charge in [0.2, 0.25) is 0 Å². The van der Waals surface area contributed by atoms with Crippen LogP contribution in [0.5, 0.6) is 0 Å². The maximum atomic E-state index is 12.7. The Morgan fingerprint density at radius 2 is 1.67 bits per heavy atom. The van der Waals surface area contributed by atoms with Crippen LogP contribution in [0.1, 0.15) is 21.6 Å². The van der Waals surface area contributed by atoms with Gasteiger partial charge in [0.25, 0.3) is 0 Å². The zero-order valence-electron chi connectivity index (χ0n) is 15.8. The molecule has 3 aromatic carbocycles. The van der Waals surface area contributed by atoms with Crippen LogP contribution in [0, 0.1) is 11.3 Å². The minimum Gasteiger partial charge on any atom is -0.456 e. The van der Waals surface area contributed by atoms with E-state index < -0.39 is 5.97 Å². The van der Waals surface area contributed by atoms with E-state index in [0.29, 0.717) is 16.8 Å². The van der Waals surface area contributed by atoms with E-state index in [-0.39, 0.29) is 6.61 Å². The van der Waals surface area contributed by atoms with Crippen LogP contribution in [0.25, 0.3) is 10.6 Å². The zero-order chi connectivity index (χ0) is 20.8. The SMILES string of the molecule is N#Cc1ccccc1Sc1ccccc1C(=O)OCc1csc(-c2ccccc2)n1. The summed E-state index contributed by atoms with van der Waals surface area (Å²) in [7, 11) is 0. The van der Waals surface area contributed by atoms with Crippen molar-refractivity contribution in [2.45, 2.75) is 16.4 Å². The van der Waals surface area contributed by atoms with Crippen LogP contribution >= 0.6 is 23.1 Å². The van der Waals surface area contributed by atoms with Gasteiger partial charge in [0.1, 0.15) is 17.7 Å². The van der Waals surface area contributed by atoms with Crippen LogP contribution in [0.3, 0.4) is 0 Å². The molecule has 0 aliphatic heterocycles. The van der Waals surface area contributed by atoms with E-state index in [2.05, 4.69) is 11.1 Å². The number of rotatable bonds is 6. The normalized spacial score (nSPS) is 10.4. The first-order valence-electron chi connectivity index (χ1n) is 9.17. The van der Waals surface area contributed by atoms with Crippen molar-refractivity contribution in [3.05, 3.63) is 101 Å². The number of nitriles is 1. The number of carbonyl (C=O) groups is 1. The third kappa shape index (κ3) is 4.60. The van der Waals surface area contributed by atoms with Crippen LogP contribution in [0.15, 0.2) is 94.0 Å². The highest BCUT2D eigenvalue weighted by molar-refractivity contribution is 7.99. The van der Waals surface area contributed by atoms with E-state index in [0.717, 1.165) is 20.4 Å². The second-order valence-corrected chi connectivity index (χ2v) is 8.23. The summed E-state index contributed by atoms with van der Waals surface area (Å²) in [6, 6.07) is 26.6. The topological polar surface area (TPSA) is 63.0 Å². The Balaban J connectivity index is 1.47. The van der Waals surface area contributed by atoms with Crippen LogP contribution < -0.4 is 0 Å². The Kier molecular flexibility index (Phi) is 6.23. The van der Waals surface area contributed by atoms with Crippen LogP contribution in [0.4, 0.5) is 0 Å². The van der Waals surface area contributed by atoms with Gasteiger partial charge in [0.15, 0.2) is 0 Å². The number of esters is 1. The quantitative estimate of drug-likeness (QED) is 0.343. The minimum atomic E-state index is -0.415. The molecule has 1 heterocycles. The average Bonchev–Trinajstić information content (AvgIpc) is 3.28. The Hall–Kier alpha value is -3.40. The Morgan fingerprint density at radius 1 is 0.967 bits per heavy atom. The maximum Gasteiger partial charge on any atom is 0.339 e. The van der Waals surface area contributed by atoms with E-state index in [9.17, 15) is 10.1 Å². The number of ether oxygens (including phenoxy) is 1. The lowest BCUT2D eigenvalue weighted by molar-refractivity contribution is 0.0464. The molecule has 0 saturated carbocycles. The lowest BCUT2D eigenvalue weighted by Gasteiger charge is -2.09. The smallest absolute Gasteiger partial charge is 0.339 e. The number of thiazole rings is 1. The zero-order valence-corrected chi connectivity index (χ0v) is 17.5. The lowest BCUT2D eigenvalue weighted by atomic mass is 10.2. The molecule has 0 unspecified atom stereocenters. The highest BCUT2D eigenvalue weighted by Crippen LogP contribution is 2.33. The number of carbonyl (C=O) groups excluding carboxylic acids is 1. The van der Waals surface area contributed by atoms with Gasteiger partial charge in [-0.15, -0.1) is 11.3 Å². The molecule has 4 aromatic rings. The van der Waals surface area contributed by atoms with Crippen molar-refractivity contribution in [3.63, 3.8) is 0 Å². The average molecular weight is 429 g/mol. The van der Waals surface area contributed by atoms with Crippen LogP contribution in [-0.2, 0) is 11.3 Å². The molecular weight excluding hydrogens is 412 g/mol. The fourth-order valence-corrected chi connectivity index (χ4v) is 4.62. The summed E-state index contributed by atoms with van der Waals surface area (Å²) in [6.45, 7) is 0.107.